The molecule has 1 aliphatic rings. The van der Waals surface area contributed by atoms with E-state index in [2.05, 4.69) is 5.10 Å². The van der Waals surface area contributed by atoms with E-state index in [1.807, 2.05) is 6.07 Å². The molecule has 0 saturated carbocycles. The van der Waals surface area contributed by atoms with Gasteiger partial charge in [-0.05, 0) is 31.2 Å². The Balaban J connectivity index is 2.04. The van der Waals surface area contributed by atoms with Crippen molar-refractivity contribution in [2.24, 2.45) is 5.73 Å². The van der Waals surface area contributed by atoms with Crippen LogP contribution in [0, 0.1) is 28.4 Å². The Labute approximate surface area is 180 Å². The van der Waals surface area contributed by atoms with Gasteiger partial charge in [-0.3, -0.25) is 10.1 Å². The Morgan fingerprint density at radius 3 is 2.67 bits per heavy atom. The van der Waals surface area contributed by atoms with Gasteiger partial charge in [0.15, 0.2) is 0 Å². The second-order valence-electron chi connectivity index (χ2n) is 6.55. The number of nitrogens with zero attached hydrogens (tertiary/aromatic N) is 4. The van der Waals surface area contributed by atoms with Gasteiger partial charge < -0.3 is 10.5 Å². The minimum Gasteiger partial charge on any atom is -0.422 e. The van der Waals surface area contributed by atoms with Crippen molar-refractivity contribution in [3.63, 3.8) is 0 Å². The molecule has 3 aromatic rings. The monoisotopic (exact) mass is 441 g/mol. The van der Waals surface area contributed by atoms with Crippen molar-refractivity contribution in [2.45, 2.75) is 12.8 Å². The Morgan fingerprint density at radius 1 is 1.27 bits per heavy atom. The summed E-state index contributed by atoms with van der Waals surface area (Å²) in [4.78, 5) is 11.2. The molecule has 0 aliphatic carbocycles. The molecule has 1 aliphatic heterocycles. The molecule has 1 aromatic heterocycles. The van der Waals surface area contributed by atoms with Crippen molar-refractivity contribution < 1.29 is 9.66 Å². The number of hydrogen-bond acceptors (Lipinski definition) is 6. The quantitative estimate of drug-likeness (QED) is 0.467. The van der Waals surface area contributed by atoms with E-state index in [0.717, 1.165) is 0 Å². The molecule has 0 spiro atoms. The summed E-state index contributed by atoms with van der Waals surface area (Å²) in [5.74, 6) is -0.848. The average Bonchev–Trinajstić information content (AvgIpc) is 3.03. The van der Waals surface area contributed by atoms with Crippen LogP contribution in [0.3, 0.4) is 0 Å². The van der Waals surface area contributed by atoms with Gasteiger partial charge in [-0.15, -0.1) is 0 Å². The largest absolute Gasteiger partial charge is 0.422 e. The van der Waals surface area contributed by atoms with Crippen molar-refractivity contribution >= 4 is 28.9 Å². The first-order valence-corrected chi connectivity index (χ1v) is 9.45. The molecule has 30 heavy (non-hydrogen) atoms. The maximum atomic E-state index is 11.7. The molecule has 0 radical (unpaired) electrons. The number of rotatable bonds is 3. The van der Waals surface area contributed by atoms with Crippen molar-refractivity contribution in [3.8, 4) is 17.6 Å². The zero-order chi connectivity index (χ0) is 21.6. The lowest BCUT2D eigenvalue weighted by molar-refractivity contribution is -0.385. The van der Waals surface area contributed by atoms with E-state index < -0.39 is 10.8 Å². The van der Waals surface area contributed by atoms with Gasteiger partial charge in [-0.25, -0.2) is 4.68 Å². The number of aromatic nitrogens is 2. The van der Waals surface area contributed by atoms with E-state index in [1.165, 1.54) is 22.9 Å². The lowest BCUT2D eigenvalue weighted by Gasteiger charge is -2.25. The summed E-state index contributed by atoms with van der Waals surface area (Å²) in [6.07, 6.45) is 0. The number of nitriles is 1. The number of fused-ring (bicyclic) bond motifs is 1. The SMILES string of the molecule is Cc1nn(-c2cccc(Cl)c2)c2c1[C@@H](c1c(Cl)cccc1[N+](=O)[O-])C(C#N)=C(N)O2. The fourth-order valence-electron chi connectivity index (χ4n) is 3.56. The molecule has 1 atom stereocenters. The molecule has 2 N–H and O–H groups in total. The van der Waals surface area contributed by atoms with Gasteiger partial charge in [-0.1, -0.05) is 35.3 Å². The number of ether oxygens (including phenoxy) is 1. The molecular weight excluding hydrogens is 429 g/mol. The second kappa shape index (κ2) is 7.37. The first kappa shape index (κ1) is 19.8. The predicted octanol–water partition coefficient (Wildman–Crippen LogP) is 4.61. The van der Waals surface area contributed by atoms with Crippen LogP contribution < -0.4 is 10.5 Å². The molecule has 0 amide bonds. The lowest BCUT2D eigenvalue weighted by atomic mass is 9.83. The maximum Gasteiger partial charge on any atom is 0.275 e. The number of nitro benzene ring substituents is 1. The number of halogens is 2. The highest BCUT2D eigenvalue weighted by Gasteiger charge is 2.40. The standard InChI is InChI=1S/C20H13Cl2N5O3/c1-10-16-17(18-14(22)6-3-7-15(18)27(28)29)13(9-23)19(24)30-20(16)26(25-10)12-5-2-4-11(21)8-12/h2-8,17H,24H2,1H3/t17-/m0/s1. The van der Waals surface area contributed by atoms with Crippen LogP contribution in [0.15, 0.2) is 53.9 Å². The van der Waals surface area contributed by atoms with Gasteiger partial charge in [0.05, 0.1) is 38.4 Å². The summed E-state index contributed by atoms with van der Waals surface area (Å²) < 4.78 is 7.25. The van der Waals surface area contributed by atoms with Crippen LogP contribution in [0.25, 0.3) is 5.69 Å². The van der Waals surface area contributed by atoms with Gasteiger partial charge in [0.2, 0.25) is 11.8 Å². The molecule has 0 fully saturated rings. The van der Waals surface area contributed by atoms with E-state index >= 15 is 0 Å². The molecule has 150 valence electrons. The third-order valence-electron chi connectivity index (χ3n) is 4.80. The average molecular weight is 442 g/mol. The highest BCUT2D eigenvalue weighted by Crippen LogP contribution is 2.48. The predicted molar refractivity (Wildman–Crippen MR) is 111 cm³/mol. The third-order valence-corrected chi connectivity index (χ3v) is 5.37. The Kier molecular flexibility index (Phi) is 4.86. The lowest BCUT2D eigenvalue weighted by Crippen LogP contribution is -2.22. The van der Waals surface area contributed by atoms with Crippen LogP contribution >= 0.6 is 23.2 Å². The van der Waals surface area contributed by atoms with Gasteiger partial charge >= 0.3 is 0 Å². The normalized spacial score (nSPS) is 15.3. The number of allylic oxidation sites excluding steroid dienone is 1. The van der Waals surface area contributed by atoms with Crippen LogP contribution in [0.5, 0.6) is 5.88 Å². The number of nitrogens with two attached hydrogens (primary N) is 1. The summed E-state index contributed by atoms with van der Waals surface area (Å²) in [7, 11) is 0. The maximum absolute atomic E-state index is 11.7. The van der Waals surface area contributed by atoms with Crippen molar-refractivity contribution in [2.75, 3.05) is 0 Å². The molecule has 0 bridgehead atoms. The van der Waals surface area contributed by atoms with E-state index in [4.69, 9.17) is 33.7 Å². The van der Waals surface area contributed by atoms with E-state index in [0.29, 0.717) is 22.0 Å². The van der Waals surface area contributed by atoms with Gasteiger partial charge in [0.25, 0.3) is 5.69 Å². The van der Waals surface area contributed by atoms with E-state index in [1.54, 1.807) is 31.2 Å². The first-order chi connectivity index (χ1) is 14.3. The molecule has 0 unspecified atom stereocenters. The van der Waals surface area contributed by atoms with Crippen molar-refractivity contribution in [1.82, 2.24) is 9.78 Å². The molecular formula is C20H13Cl2N5O3. The Morgan fingerprint density at radius 2 is 2.00 bits per heavy atom. The van der Waals surface area contributed by atoms with E-state index in [-0.39, 0.29) is 33.6 Å². The van der Waals surface area contributed by atoms with Gasteiger partial charge in [0.1, 0.15) is 11.6 Å². The Hall–Kier alpha value is -3.54. The highest BCUT2D eigenvalue weighted by molar-refractivity contribution is 6.32. The van der Waals surface area contributed by atoms with Crippen LogP contribution in [-0.2, 0) is 0 Å². The fraction of sp³-hybridized carbons (Fsp3) is 0.100. The van der Waals surface area contributed by atoms with Crippen LogP contribution in [0.2, 0.25) is 10.0 Å². The minimum absolute atomic E-state index is 0.0208. The number of benzene rings is 2. The smallest absolute Gasteiger partial charge is 0.275 e. The zero-order valence-electron chi connectivity index (χ0n) is 15.5. The summed E-state index contributed by atoms with van der Waals surface area (Å²) in [5.41, 5.74) is 7.58. The first-order valence-electron chi connectivity index (χ1n) is 8.69. The Bertz CT molecular complexity index is 1280. The van der Waals surface area contributed by atoms with Crippen LogP contribution in [0.1, 0.15) is 22.7 Å². The molecule has 8 nitrogen and oxygen atoms in total. The summed E-state index contributed by atoms with van der Waals surface area (Å²) >= 11 is 12.5. The number of nitro groups is 1. The highest BCUT2D eigenvalue weighted by atomic mass is 35.5. The molecule has 2 aromatic carbocycles. The molecule has 4 rings (SSSR count). The van der Waals surface area contributed by atoms with Crippen molar-refractivity contribution in [1.29, 1.82) is 5.26 Å². The van der Waals surface area contributed by atoms with Gasteiger partial charge in [-0.2, -0.15) is 10.4 Å². The second-order valence-corrected chi connectivity index (χ2v) is 7.39. The van der Waals surface area contributed by atoms with E-state index in [9.17, 15) is 15.4 Å². The summed E-state index contributed by atoms with van der Waals surface area (Å²) in [6.45, 7) is 1.72. The number of hydrogen-bond donors (Lipinski definition) is 1. The summed E-state index contributed by atoms with van der Waals surface area (Å²) in [5, 5.41) is 26.6. The third kappa shape index (κ3) is 3.05. The van der Waals surface area contributed by atoms with Crippen LogP contribution in [0.4, 0.5) is 5.69 Å². The zero-order valence-corrected chi connectivity index (χ0v) is 17.0. The summed E-state index contributed by atoms with van der Waals surface area (Å²) in [6, 6.07) is 13.3. The topological polar surface area (TPSA) is 120 Å². The van der Waals surface area contributed by atoms with Gasteiger partial charge in [0, 0.05) is 11.1 Å². The van der Waals surface area contributed by atoms with Crippen molar-refractivity contribution in [3.05, 3.63) is 90.9 Å². The van der Waals surface area contributed by atoms with Crippen LogP contribution in [-0.4, -0.2) is 14.7 Å². The molecule has 0 saturated heterocycles. The number of aryl methyl sites for hydroxylation is 1. The molecule has 2 heterocycles. The molecule has 10 heteroatoms. The minimum atomic E-state index is -0.916. The fourth-order valence-corrected chi connectivity index (χ4v) is 4.02.